The van der Waals surface area contributed by atoms with Crippen LogP contribution in [0.25, 0.3) is 11.0 Å². The summed E-state index contributed by atoms with van der Waals surface area (Å²) in [6, 6.07) is 19.7. The van der Waals surface area contributed by atoms with E-state index in [2.05, 4.69) is 77.7 Å². The summed E-state index contributed by atoms with van der Waals surface area (Å²) in [6.45, 7) is 3.25. The molecule has 3 aromatic rings. The van der Waals surface area contributed by atoms with Crippen LogP contribution in [-0.4, -0.2) is 4.57 Å². The fourth-order valence-electron chi connectivity index (χ4n) is 5.33. The van der Waals surface area contributed by atoms with E-state index in [0.717, 1.165) is 13.0 Å². The highest BCUT2D eigenvalue weighted by Crippen LogP contribution is 2.19. The Balaban J connectivity index is 1.33. The number of para-hydroxylation sites is 2. The Hall–Kier alpha value is -2.09. The molecule has 0 atom stereocenters. The molecule has 0 fully saturated rings. The fraction of sp³-hybridized carbons (Fsp3) is 0.594. The van der Waals surface area contributed by atoms with Gasteiger partial charge in [-0.3, -0.25) is 0 Å². The smallest absolute Gasteiger partial charge is 0.230 e. The zero-order valence-electron chi connectivity index (χ0n) is 22.1. The largest absolute Gasteiger partial charge is 0.257 e. The SMILES string of the molecule is CCCCCCCCCCCCCCCCCc1n(Cc2ccccc2)c2ccccc2[n+]1C. The quantitative estimate of drug-likeness (QED) is 0.132. The van der Waals surface area contributed by atoms with Crippen molar-refractivity contribution in [3.63, 3.8) is 0 Å². The molecule has 1 heterocycles. The van der Waals surface area contributed by atoms with Gasteiger partial charge in [-0.05, 0) is 24.1 Å². The lowest BCUT2D eigenvalue weighted by Crippen LogP contribution is -2.33. The van der Waals surface area contributed by atoms with E-state index < -0.39 is 0 Å². The van der Waals surface area contributed by atoms with Gasteiger partial charge < -0.3 is 0 Å². The third kappa shape index (κ3) is 8.60. The van der Waals surface area contributed by atoms with Crippen LogP contribution in [-0.2, 0) is 20.0 Å². The van der Waals surface area contributed by atoms with Crippen LogP contribution in [0.3, 0.4) is 0 Å². The molecule has 0 unspecified atom stereocenters. The van der Waals surface area contributed by atoms with Crippen LogP contribution in [0.5, 0.6) is 0 Å². The molecular formula is C32H49N2+. The average Bonchev–Trinajstić information content (AvgIpc) is 3.13. The van der Waals surface area contributed by atoms with Gasteiger partial charge in [0.25, 0.3) is 5.82 Å². The van der Waals surface area contributed by atoms with Crippen molar-refractivity contribution in [2.45, 2.75) is 116 Å². The maximum atomic E-state index is 2.54. The molecule has 34 heavy (non-hydrogen) atoms. The van der Waals surface area contributed by atoms with Gasteiger partial charge in [0, 0.05) is 6.42 Å². The molecule has 1 aromatic heterocycles. The minimum Gasteiger partial charge on any atom is -0.230 e. The standard InChI is InChI=1S/C32H49N2/c1-3-4-5-6-7-8-9-10-11-12-13-14-15-16-20-27-32-33(2)30-25-21-22-26-31(30)34(32)28-29-23-18-17-19-24-29/h17-19,21-26H,3-16,20,27-28H2,1-2H3/q+1. The lowest BCUT2D eigenvalue weighted by molar-refractivity contribution is -0.654. The number of aromatic nitrogens is 2. The molecule has 186 valence electrons. The second-order valence-corrected chi connectivity index (χ2v) is 10.2. The predicted octanol–water partition coefficient (Wildman–Crippen LogP) is 8.93. The zero-order valence-corrected chi connectivity index (χ0v) is 22.1. The normalized spacial score (nSPS) is 11.5. The van der Waals surface area contributed by atoms with Crippen molar-refractivity contribution in [2.24, 2.45) is 7.05 Å². The van der Waals surface area contributed by atoms with E-state index >= 15 is 0 Å². The number of imidazole rings is 1. The van der Waals surface area contributed by atoms with Crippen molar-refractivity contribution in [3.05, 3.63) is 66.0 Å². The fourth-order valence-corrected chi connectivity index (χ4v) is 5.33. The van der Waals surface area contributed by atoms with Crippen LogP contribution >= 0.6 is 0 Å². The Bertz CT molecular complexity index is 925. The van der Waals surface area contributed by atoms with Crippen molar-refractivity contribution in [1.82, 2.24) is 4.57 Å². The molecule has 0 bridgehead atoms. The molecule has 0 amide bonds. The number of rotatable bonds is 18. The van der Waals surface area contributed by atoms with Gasteiger partial charge in [-0.25, -0.2) is 9.13 Å². The lowest BCUT2D eigenvalue weighted by atomic mass is 10.0. The Kier molecular flexibility index (Phi) is 12.3. The number of fused-ring (bicyclic) bond motifs is 1. The molecule has 0 spiro atoms. The first-order valence-corrected chi connectivity index (χ1v) is 14.3. The first-order chi connectivity index (χ1) is 16.8. The first kappa shape index (κ1) is 26.5. The van der Waals surface area contributed by atoms with E-state index in [0.29, 0.717) is 0 Å². The summed E-state index contributed by atoms with van der Waals surface area (Å²) >= 11 is 0. The van der Waals surface area contributed by atoms with Gasteiger partial charge in [-0.1, -0.05) is 139 Å². The highest BCUT2D eigenvalue weighted by atomic mass is 15.2. The van der Waals surface area contributed by atoms with Crippen LogP contribution in [0.1, 0.15) is 115 Å². The van der Waals surface area contributed by atoms with Gasteiger partial charge in [0.2, 0.25) is 0 Å². The molecule has 0 aliphatic heterocycles. The summed E-state index contributed by atoms with van der Waals surface area (Å²) in [5, 5.41) is 0. The van der Waals surface area contributed by atoms with E-state index in [-0.39, 0.29) is 0 Å². The Labute approximate surface area is 209 Å². The minimum absolute atomic E-state index is 0.955. The molecule has 2 nitrogen and oxygen atoms in total. The topological polar surface area (TPSA) is 8.81 Å². The van der Waals surface area contributed by atoms with Gasteiger partial charge in [-0.2, -0.15) is 0 Å². The van der Waals surface area contributed by atoms with Crippen molar-refractivity contribution in [2.75, 3.05) is 0 Å². The van der Waals surface area contributed by atoms with E-state index in [1.165, 1.54) is 119 Å². The van der Waals surface area contributed by atoms with Crippen LogP contribution in [0, 0.1) is 0 Å². The number of hydrogen-bond donors (Lipinski definition) is 0. The molecule has 0 saturated carbocycles. The van der Waals surface area contributed by atoms with Crippen molar-refractivity contribution in [3.8, 4) is 0 Å². The summed E-state index contributed by atoms with van der Waals surface area (Å²) in [7, 11) is 2.24. The molecule has 3 rings (SSSR count). The maximum Gasteiger partial charge on any atom is 0.257 e. The summed E-state index contributed by atoms with van der Waals surface area (Å²) in [4.78, 5) is 0. The van der Waals surface area contributed by atoms with Gasteiger partial charge in [0.15, 0.2) is 11.0 Å². The molecule has 0 aliphatic carbocycles. The van der Waals surface area contributed by atoms with E-state index in [9.17, 15) is 0 Å². The first-order valence-electron chi connectivity index (χ1n) is 14.3. The van der Waals surface area contributed by atoms with Crippen LogP contribution in [0.4, 0.5) is 0 Å². The molecule has 2 aromatic carbocycles. The highest BCUT2D eigenvalue weighted by molar-refractivity contribution is 5.72. The van der Waals surface area contributed by atoms with Gasteiger partial charge >= 0.3 is 0 Å². The number of benzene rings is 2. The van der Waals surface area contributed by atoms with Crippen LogP contribution in [0.2, 0.25) is 0 Å². The monoisotopic (exact) mass is 461 g/mol. The number of nitrogens with zero attached hydrogens (tertiary/aromatic N) is 2. The van der Waals surface area contributed by atoms with Gasteiger partial charge in [0.05, 0.1) is 7.05 Å². The third-order valence-corrected chi connectivity index (χ3v) is 7.42. The second-order valence-electron chi connectivity index (χ2n) is 10.2. The molecule has 0 aliphatic rings. The van der Waals surface area contributed by atoms with Crippen LogP contribution in [0.15, 0.2) is 54.6 Å². The van der Waals surface area contributed by atoms with Crippen molar-refractivity contribution in [1.29, 1.82) is 0 Å². The van der Waals surface area contributed by atoms with E-state index in [1.54, 1.807) is 0 Å². The summed E-state index contributed by atoms with van der Waals surface area (Å²) in [6.07, 6.45) is 22.4. The van der Waals surface area contributed by atoms with Crippen molar-refractivity contribution >= 4 is 11.0 Å². The van der Waals surface area contributed by atoms with Crippen LogP contribution < -0.4 is 4.57 Å². The molecule has 0 radical (unpaired) electrons. The summed E-state index contributed by atoms with van der Waals surface area (Å²) in [5.74, 6) is 1.46. The van der Waals surface area contributed by atoms with Gasteiger partial charge in [0.1, 0.15) is 6.54 Å². The Morgan fingerprint density at radius 3 is 1.68 bits per heavy atom. The average molecular weight is 462 g/mol. The Morgan fingerprint density at radius 2 is 1.09 bits per heavy atom. The summed E-state index contributed by atoms with van der Waals surface area (Å²) in [5.41, 5.74) is 4.07. The molecule has 2 heteroatoms. The number of aryl methyl sites for hydroxylation is 1. The van der Waals surface area contributed by atoms with Gasteiger partial charge in [-0.15, -0.1) is 0 Å². The molecule has 0 N–H and O–H groups in total. The highest BCUT2D eigenvalue weighted by Gasteiger charge is 2.21. The lowest BCUT2D eigenvalue weighted by Gasteiger charge is -2.05. The predicted molar refractivity (Wildman–Crippen MR) is 147 cm³/mol. The zero-order chi connectivity index (χ0) is 23.8. The van der Waals surface area contributed by atoms with E-state index in [1.807, 2.05) is 0 Å². The molecule has 0 saturated heterocycles. The van der Waals surface area contributed by atoms with E-state index in [4.69, 9.17) is 0 Å². The summed E-state index contributed by atoms with van der Waals surface area (Å²) < 4.78 is 4.95. The number of unbranched alkanes of at least 4 members (excludes halogenated alkanes) is 14. The minimum atomic E-state index is 0.955. The molecular weight excluding hydrogens is 412 g/mol. The Morgan fingerprint density at radius 1 is 0.588 bits per heavy atom. The number of hydrogen-bond acceptors (Lipinski definition) is 0. The third-order valence-electron chi connectivity index (χ3n) is 7.42. The van der Waals surface area contributed by atoms with Crippen molar-refractivity contribution < 1.29 is 4.57 Å². The maximum absolute atomic E-state index is 2.54. The second kappa shape index (κ2) is 15.7.